The second-order valence-corrected chi connectivity index (χ2v) is 5.66. The summed E-state index contributed by atoms with van der Waals surface area (Å²) >= 11 is 0. The third-order valence-corrected chi connectivity index (χ3v) is 3.61. The molecule has 0 aliphatic rings. The van der Waals surface area contributed by atoms with Gasteiger partial charge in [-0.3, -0.25) is 4.79 Å². The van der Waals surface area contributed by atoms with Crippen LogP contribution in [-0.2, 0) is 16.0 Å². The summed E-state index contributed by atoms with van der Waals surface area (Å²) in [5, 5.41) is 2.62. The zero-order chi connectivity index (χ0) is 20.0. The molecule has 0 heterocycles. The number of rotatable bonds is 6. The fraction of sp³-hybridized carbons (Fsp3) is 0.263. The van der Waals surface area contributed by atoms with Crippen LogP contribution in [0.4, 0.5) is 18.9 Å². The second kappa shape index (κ2) is 8.57. The van der Waals surface area contributed by atoms with E-state index in [1.807, 2.05) is 19.1 Å². The van der Waals surface area contributed by atoms with Crippen molar-refractivity contribution in [1.29, 1.82) is 0 Å². The minimum absolute atomic E-state index is 0.00327. The molecule has 1 N–H and O–H groups in total. The summed E-state index contributed by atoms with van der Waals surface area (Å²) in [6.45, 7) is 3.41. The lowest BCUT2D eigenvalue weighted by atomic mass is 10.1. The summed E-state index contributed by atoms with van der Waals surface area (Å²) in [7, 11) is 0. The zero-order valence-electron chi connectivity index (χ0n) is 14.7. The number of ether oxygens (including phenoxy) is 2. The van der Waals surface area contributed by atoms with Gasteiger partial charge in [-0.05, 0) is 55.3 Å². The Hall–Kier alpha value is -3.03. The normalized spacial score (nSPS) is 12.2. The van der Waals surface area contributed by atoms with Crippen molar-refractivity contribution in [3.8, 4) is 5.75 Å². The van der Waals surface area contributed by atoms with Gasteiger partial charge in [0, 0.05) is 5.69 Å². The average molecular weight is 381 g/mol. The van der Waals surface area contributed by atoms with Gasteiger partial charge in [0.1, 0.15) is 5.75 Å². The number of amides is 1. The molecule has 1 atom stereocenters. The fourth-order valence-corrected chi connectivity index (χ4v) is 2.14. The zero-order valence-corrected chi connectivity index (χ0v) is 14.7. The Balaban J connectivity index is 1.92. The van der Waals surface area contributed by atoms with E-state index in [1.54, 1.807) is 12.1 Å². The van der Waals surface area contributed by atoms with E-state index < -0.39 is 30.1 Å². The first-order chi connectivity index (χ1) is 12.7. The van der Waals surface area contributed by atoms with Crippen LogP contribution in [0.15, 0.2) is 48.5 Å². The molecule has 144 valence electrons. The van der Waals surface area contributed by atoms with Gasteiger partial charge in [0.05, 0.1) is 5.56 Å². The summed E-state index contributed by atoms with van der Waals surface area (Å²) in [4.78, 5) is 24.1. The molecule has 0 saturated carbocycles. The van der Waals surface area contributed by atoms with Crippen molar-refractivity contribution in [3.05, 3.63) is 59.7 Å². The van der Waals surface area contributed by atoms with Crippen LogP contribution in [0.1, 0.15) is 29.8 Å². The van der Waals surface area contributed by atoms with Crippen LogP contribution < -0.4 is 10.1 Å². The van der Waals surface area contributed by atoms with Crippen LogP contribution in [0, 0.1) is 0 Å². The van der Waals surface area contributed by atoms with Gasteiger partial charge in [-0.25, -0.2) is 4.79 Å². The fourth-order valence-electron chi connectivity index (χ4n) is 2.14. The monoisotopic (exact) mass is 381 g/mol. The van der Waals surface area contributed by atoms with E-state index in [0.717, 1.165) is 36.2 Å². The molecule has 5 nitrogen and oxygen atoms in total. The van der Waals surface area contributed by atoms with E-state index in [0.29, 0.717) is 5.69 Å². The molecule has 2 aromatic carbocycles. The molecule has 0 saturated heterocycles. The summed E-state index contributed by atoms with van der Waals surface area (Å²) in [6.07, 6.45) is -5.03. The minimum atomic E-state index is -4.82. The van der Waals surface area contributed by atoms with Crippen molar-refractivity contribution in [2.24, 2.45) is 0 Å². The lowest BCUT2D eigenvalue weighted by Crippen LogP contribution is -2.30. The Bertz CT molecular complexity index is 786. The Morgan fingerprint density at radius 1 is 1.04 bits per heavy atom. The predicted octanol–water partition coefficient (Wildman–Crippen LogP) is 4.33. The van der Waals surface area contributed by atoms with Gasteiger partial charge in [-0.1, -0.05) is 19.1 Å². The predicted molar refractivity (Wildman–Crippen MR) is 92.5 cm³/mol. The van der Waals surface area contributed by atoms with Gasteiger partial charge in [-0.2, -0.15) is 0 Å². The molecule has 27 heavy (non-hydrogen) atoms. The molecule has 1 amide bonds. The minimum Gasteiger partial charge on any atom is -0.449 e. The van der Waals surface area contributed by atoms with Crippen LogP contribution >= 0.6 is 0 Å². The molecule has 0 radical (unpaired) electrons. The SMILES string of the molecule is CCc1ccc(NC(=O)[C@H](C)OC(=O)c2ccc(OC(F)(F)F)cc2)cc1. The molecule has 0 unspecified atom stereocenters. The van der Waals surface area contributed by atoms with Crippen molar-refractivity contribution < 1.29 is 32.2 Å². The Labute approximate surface area is 154 Å². The molecule has 0 aliphatic heterocycles. The van der Waals surface area contributed by atoms with Gasteiger partial charge >= 0.3 is 12.3 Å². The topological polar surface area (TPSA) is 64.6 Å². The summed E-state index contributed by atoms with van der Waals surface area (Å²) < 4.78 is 45.1. The van der Waals surface area contributed by atoms with Gasteiger partial charge in [0.15, 0.2) is 6.10 Å². The summed E-state index contributed by atoms with van der Waals surface area (Å²) in [5.74, 6) is -1.82. The quantitative estimate of drug-likeness (QED) is 0.757. The maximum absolute atomic E-state index is 12.1. The summed E-state index contributed by atoms with van der Waals surface area (Å²) in [5.41, 5.74) is 1.68. The van der Waals surface area contributed by atoms with Crippen molar-refractivity contribution in [1.82, 2.24) is 0 Å². The maximum Gasteiger partial charge on any atom is 0.573 e. The van der Waals surface area contributed by atoms with Crippen molar-refractivity contribution in [2.75, 3.05) is 5.32 Å². The number of alkyl halides is 3. The van der Waals surface area contributed by atoms with Gasteiger partial charge in [0.2, 0.25) is 0 Å². The van der Waals surface area contributed by atoms with Crippen LogP contribution in [0.3, 0.4) is 0 Å². The first-order valence-electron chi connectivity index (χ1n) is 8.14. The van der Waals surface area contributed by atoms with E-state index in [-0.39, 0.29) is 5.56 Å². The van der Waals surface area contributed by atoms with E-state index in [2.05, 4.69) is 10.1 Å². The largest absolute Gasteiger partial charge is 0.573 e. The number of halogens is 3. The van der Waals surface area contributed by atoms with Crippen LogP contribution in [0.5, 0.6) is 5.75 Å². The van der Waals surface area contributed by atoms with E-state index in [9.17, 15) is 22.8 Å². The molecule has 2 rings (SSSR count). The maximum atomic E-state index is 12.1. The number of carbonyl (C=O) groups is 2. The van der Waals surface area contributed by atoms with E-state index in [4.69, 9.17) is 4.74 Å². The van der Waals surface area contributed by atoms with Crippen LogP contribution in [-0.4, -0.2) is 24.3 Å². The van der Waals surface area contributed by atoms with Gasteiger partial charge < -0.3 is 14.8 Å². The van der Waals surface area contributed by atoms with Gasteiger partial charge in [0.25, 0.3) is 5.91 Å². The first kappa shape index (κ1) is 20.3. The van der Waals surface area contributed by atoms with Crippen molar-refractivity contribution in [3.63, 3.8) is 0 Å². The Morgan fingerprint density at radius 2 is 1.63 bits per heavy atom. The molecule has 0 spiro atoms. The number of anilines is 1. The average Bonchev–Trinajstić information content (AvgIpc) is 2.61. The van der Waals surface area contributed by atoms with Gasteiger partial charge in [-0.15, -0.1) is 13.2 Å². The lowest BCUT2D eigenvalue weighted by Gasteiger charge is -2.14. The standard InChI is InChI=1S/C19H18F3NO4/c1-3-13-4-8-15(9-5-13)23-17(24)12(2)26-18(25)14-6-10-16(11-7-14)27-19(20,21)22/h4-12H,3H2,1-2H3,(H,23,24)/t12-/m0/s1. The third-order valence-electron chi connectivity index (χ3n) is 3.61. The Morgan fingerprint density at radius 3 is 2.15 bits per heavy atom. The Kier molecular flexibility index (Phi) is 6.44. The van der Waals surface area contributed by atoms with Crippen molar-refractivity contribution >= 4 is 17.6 Å². The molecule has 0 aromatic heterocycles. The molecule has 8 heteroatoms. The number of hydrogen-bond donors (Lipinski definition) is 1. The highest BCUT2D eigenvalue weighted by Crippen LogP contribution is 2.23. The highest BCUT2D eigenvalue weighted by Gasteiger charge is 2.31. The number of nitrogens with one attached hydrogen (secondary N) is 1. The molecule has 0 aliphatic carbocycles. The van der Waals surface area contributed by atoms with Crippen molar-refractivity contribution in [2.45, 2.75) is 32.7 Å². The highest BCUT2D eigenvalue weighted by atomic mass is 19.4. The van der Waals surface area contributed by atoms with Crippen LogP contribution in [0.25, 0.3) is 0 Å². The van der Waals surface area contributed by atoms with E-state index >= 15 is 0 Å². The lowest BCUT2D eigenvalue weighted by molar-refractivity contribution is -0.274. The molecular formula is C19H18F3NO4. The first-order valence-corrected chi connectivity index (χ1v) is 8.14. The highest BCUT2D eigenvalue weighted by molar-refractivity contribution is 5.97. The number of aryl methyl sites for hydroxylation is 1. The third kappa shape index (κ3) is 6.32. The number of esters is 1. The molecular weight excluding hydrogens is 363 g/mol. The molecule has 0 bridgehead atoms. The van der Waals surface area contributed by atoms with E-state index in [1.165, 1.54) is 6.92 Å². The van der Waals surface area contributed by atoms with Crippen LogP contribution in [0.2, 0.25) is 0 Å². The molecule has 2 aromatic rings. The number of benzene rings is 2. The second-order valence-electron chi connectivity index (χ2n) is 5.66. The number of carbonyl (C=O) groups excluding carboxylic acids is 2. The molecule has 0 fully saturated rings. The summed E-state index contributed by atoms with van der Waals surface area (Å²) in [6, 6.07) is 11.5. The number of hydrogen-bond acceptors (Lipinski definition) is 4. The smallest absolute Gasteiger partial charge is 0.449 e.